The minimum Gasteiger partial charge on any atom is -0.504 e. The largest absolute Gasteiger partial charge is 0.504 e. The van der Waals surface area contributed by atoms with E-state index in [1.54, 1.807) is 6.07 Å². The number of fused-ring (bicyclic) bond motifs is 5. The lowest BCUT2D eigenvalue weighted by Crippen LogP contribution is -2.61. The molecule has 43 heavy (non-hydrogen) atoms. The summed E-state index contributed by atoms with van der Waals surface area (Å²) >= 11 is 0. The maximum Gasteiger partial charge on any atom is 0.337 e. The van der Waals surface area contributed by atoms with Gasteiger partial charge in [-0.2, -0.15) is 0 Å². The number of aliphatic imine (C=N–C) groups is 1. The lowest BCUT2D eigenvalue weighted by molar-refractivity contribution is -0.385. The molecule has 0 spiro atoms. The first-order valence-electron chi connectivity index (χ1n) is 15.0. The Kier molecular flexibility index (Phi) is 9.75. The van der Waals surface area contributed by atoms with E-state index in [1.165, 1.54) is 33.7 Å². The fourth-order valence-corrected chi connectivity index (χ4v) is 7.61. The molecule has 0 saturated carbocycles. The summed E-state index contributed by atoms with van der Waals surface area (Å²) in [4.78, 5) is 32.0. The highest BCUT2D eigenvalue weighted by Crippen LogP contribution is 2.55. The minimum absolute atomic E-state index is 0.0486. The zero-order chi connectivity index (χ0) is 31.7. The molecule has 0 bridgehead atoms. The topological polar surface area (TPSA) is 122 Å². The molecule has 3 heterocycles. The highest BCUT2D eigenvalue weighted by atomic mass is 28.4. The van der Waals surface area contributed by atoms with Crippen LogP contribution in [0.25, 0.3) is 0 Å². The first-order valence-corrected chi connectivity index (χ1v) is 17.9. The van der Waals surface area contributed by atoms with Crippen molar-refractivity contribution in [1.29, 1.82) is 0 Å². The summed E-state index contributed by atoms with van der Waals surface area (Å²) in [6.45, 7) is 15.3. The van der Waals surface area contributed by atoms with E-state index in [1.807, 2.05) is 0 Å². The van der Waals surface area contributed by atoms with Gasteiger partial charge in [-0.05, 0) is 48.9 Å². The standard InChI is InChI=1S/C31H47N3O8Si/c1-10-20-18-33-14-13-31(41-15-16-42-43(8,9)30(2,3)4)26-23(11-12-24(34(36)37)27(26)39-6)32-28(31)25(33)17-21(20)22(19-38-5)29(35)40-7/h11-12,19-21,25H,10,13-18H2,1-9H3/t20-,21+,25+,31+/m1/s1. The van der Waals surface area contributed by atoms with E-state index in [-0.39, 0.29) is 34.4 Å². The van der Waals surface area contributed by atoms with Crippen molar-refractivity contribution in [2.75, 3.05) is 47.6 Å². The number of nitro groups is 1. The van der Waals surface area contributed by atoms with E-state index in [4.69, 9.17) is 28.4 Å². The van der Waals surface area contributed by atoms with Gasteiger partial charge in [0.05, 0.1) is 74.3 Å². The van der Waals surface area contributed by atoms with E-state index in [0.717, 1.165) is 18.7 Å². The van der Waals surface area contributed by atoms with E-state index >= 15 is 0 Å². The van der Waals surface area contributed by atoms with Crippen LogP contribution in [-0.2, 0) is 29.0 Å². The van der Waals surface area contributed by atoms with Crippen LogP contribution in [0.5, 0.6) is 5.75 Å². The number of carbonyl (C=O) groups is 1. The number of carbonyl (C=O) groups excluding carboxylic acids is 1. The zero-order valence-electron chi connectivity index (χ0n) is 27.0. The molecule has 238 valence electrons. The summed E-state index contributed by atoms with van der Waals surface area (Å²) < 4.78 is 29.4. The van der Waals surface area contributed by atoms with Crippen LogP contribution in [0.15, 0.2) is 29.0 Å². The van der Waals surface area contributed by atoms with Crippen LogP contribution in [0.4, 0.5) is 11.4 Å². The molecule has 4 atom stereocenters. The van der Waals surface area contributed by atoms with Gasteiger partial charge in [0.25, 0.3) is 0 Å². The van der Waals surface area contributed by atoms with Crippen LogP contribution >= 0.6 is 0 Å². The molecule has 0 unspecified atom stereocenters. The first kappa shape index (κ1) is 33.1. The number of hydrogen-bond acceptors (Lipinski definition) is 10. The highest BCUT2D eigenvalue weighted by Gasteiger charge is 2.57. The molecule has 2 fully saturated rings. The third-order valence-electron chi connectivity index (χ3n) is 9.89. The van der Waals surface area contributed by atoms with Gasteiger partial charge >= 0.3 is 11.7 Å². The number of methoxy groups -OCH3 is 3. The van der Waals surface area contributed by atoms with Crippen LogP contribution in [-0.4, -0.2) is 83.5 Å². The SMILES string of the molecule is CC[C@@H]1CN2CC[C@@]3(OCCO[Si](C)(C)C(C)(C)C)C(=Nc4ccc([N+](=O)[O-])c(OC)c43)[C@@H]2C[C@@H]1C(=COC)C(=O)OC. The predicted octanol–water partition coefficient (Wildman–Crippen LogP) is 5.75. The van der Waals surface area contributed by atoms with Crippen LogP contribution in [0.2, 0.25) is 18.1 Å². The van der Waals surface area contributed by atoms with E-state index in [2.05, 4.69) is 45.7 Å². The van der Waals surface area contributed by atoms with Gasteiger partial charge < -0.3 is 23.4 Å². The van der Waals surface area contributed by atoms with Crippen LogP contribution in [0, 0.1) is 22.0 Å². The second-order valence-corrected chi connectivity index (χ2v) is 17.9. The summed E-state index contributed by atoms with van der Waals surface area (Å²) in [6, 6.07) is 2.96. The van der Waals surface area contributed by atoms with E-state index in [9.17, 15) is 14.9 Å². The zero-order valence-corrected chi connectivity index (χ0v) is 28.0. The summed E-state index contributed by atoms with van der Waals surface area (Å²) in [5.74, 6) is -0.149. The predicted molar refractivity (Wildman–Crippen MR) is 166 cm³/mol. The number of nitrogens with zero attached hydrogens (tertiary/aromatic N) is 3. The summed E-state index contributed by atoms with van der Waals surface area (Å²) in [6.07, 6.45) is 3.54. The summed E-state index contributed by atoms with van der Waals surface area (Å²) in [5, 5.41) is 12.1. The minimum atomic E-state index is -2.02. The van der Waals surface area contributed by atoms with E-state index in [0.29, 0.717) is 49.4 Å². The smallest absolute Gasteiger partial charge is 0.337 e. The lowest BCUT2D eigenvalue weighted by atomic mass is 9.70. The van der Waals surface area contributed by atoms with Gasteiger partial charge in [-0.15, -0.1) is 0 Å². The molecule has 0 radical (unpaired) electrons. The molecular weight excluding hydrogens is 570 g/mol. The number of nitro benzene ring substituents is 1. The molecule has 11 nitrogen and oxygen atoms in total. The lowest BCUT2D eigenvalue weighted by Gasteiger charge is -2.51. The Labute approximate surface area is 255 Å². The summed E-state index contributed by atoms with van der Waals surface area (Å²) in [5.41, 5.74) is 1.36. The third-order valence-corrected chi connectivity index (χ3v) is 14.4. The fourth-order valence-electron chi connectivity index (χ4n) is 6.58. The molecule has 1 aromatic rings. The fraction of sp³-hybridized carbons (Fsp3) is 0.677. The Balaban J connectivity index is 1.76. The molecule has 0 amide bonds. The average molecular weight is 618 g/mol. The molecule has 3 aliphatic heterocycles. The number of rotatable bonds is 11. The number of benzene rings is 1. The van der Waals surface area contributed by atoms with Crippen LogP contribution in [0.3, 0.4) is 0 Å². The van der Waals surface area contributed by atoms with Gasteiger partial charge in [0.1, 0.15) is 5.60 Å². The number of piperidine rings is 2. The van der Waals surface area contributed by atoms with Crippen molar-refractivity contribution in [2.45, 2.75) is 76.7 Å². The molecule has 0 aromatic heterocycles. The Bertz CT molecular complexity index is 1290. The number of ether oxygens (including phenoxy) is 4. The van der Waals surface area contributed by atoms with Crippen molar-refractivity contribution in [2.24, 2.45) is 16.8 Å². The van der Waals surface area contributed by atoms with Crippen molar-refractivity contribution in [1.82, 2.24) is 4.90 Å². The summed E-state index contributed by atoms with van der Waals surface area (Å²) in [7, 11) is 2.34. The molecule has 12 heteroatoms. The second kappa shape index (κ2) is 12.7. The molecule has 0 aliphatic carbocycles. The van der Waals surface area contributed by atoms with E-state index < -0.39 is 24.8 Å². The van der Waals surface area contributed by atoms with Gasteiger partial charge in [-0.3, -0.25) is 20.0 Å². The first-order chi connectivity index (χ1) is 20.3. The Morgan fingerprint density at radius 1 is 1.23 bits per heavy atom. The number of esters is 1. The molecule has 3 aliphatic rings. The Hall–Kier alpha value is -2.80. The maximum atomic E-state index is 12.9. The molecule has 1 aromatic carbocycles. The molecule has 2 saturated heterocycles. The quantitative estimate of drug-likeness (QED) is 0.0581. The van der Waals surface area contributed by atoms with Gasteiger partial charge in [-0.1, -0.05) is 34.1 Å². The van der Waals surface area contributed by atoms with Crippen LogP contribution in [0.1, 0.15) is 52.5 Å². The third kappa shape index (κ3) is 5.98. The van der Waals surface area contributed by atoms with Crippen LogP contribution < -0.4 is 4.74 Å². The van der Waals surface area contributed by atoms with Crippen molar-refractivity contribution in [3.05, 3.63) is 39.6 Å². The monoisotopic (exact) mass is 617 g/mol. The highest BCUT2D eigenvalue weighted by molar-refractivity contribution is 6.74. The van der Waals surface area contributed by atoms with Crippen molar-refractivity contribution >= 4 is 31.4 Å². The molecule has 0 N–H and O–H groups in total. The van der Waals surface area contributed by atoms with Crippen molar-refractivity contribution in [3.63, 3.8) is 0 Å². The van der Waals surface area contributed by atoms with Gasteiger partial charge in [0.15, 0.2) is 8.32 Å². The average Bonchev–Trinajstić information content (AvgIpc) is 3.30. The number of hydrogen-bond donors (Lipinski definition) is 0. The molecule has 4 rings (SSSR count). The van der Waals surface area contributed by atoms with Gasteiger partial charge in [0.2, 0.25) is 5.75 Å². The van der Waals surface area contributed by atoms with Gasteiger partial charge in [-0.25, -0.2) is 4.79 Å². The second-order valence-electron chi connectivity index (χ2n) is 13.1. The Morgan fingerprint density at radius 3 is 2.53 bits per heavy atom. The maximum absolute atomic E-state index is 12.9. The van der Waals surface area contributed by atoms with Gasteiger partial charge in [0, 0.05) is 19.2 Å². The van der Waals surface area contributed by atoms with Crippen molar-refractivity contribution < 1.29 is 33.1 Å². The Morgan fingerprint density at radius 2 is 1.95 bits per heavy atom. The molecular formula is C31H47N3O8Si. The van der Waals surface area contributed by atoms with Crippen molar-refractivity contribution in [3.8, 4) is 5.75 Å². The normalized spacial score (nSPS) is 25.7.